The van der Waals surface area contributed by atoms with Gasteiger partial charge in [-0.05, 0) is 51.4 Å². The highest BCUT2D eigenvalue weighted by atomic mass is 15.3. The predicted molar refractivity (Wildman–Crippen MR) is 66.6 cm³/mol. The molecule has 0 aromatic carbocycles. The monoisotopic (exact) mass is 223 g/mol. The van der Waals surface area contributed by atoms with Gasteiger partial charge in [-0.2, -0.15) is 0 Å². The quantitative estimate of drug-likeness (QED) is 0.762. The van der Waals surface area contributed by atoms with Gasteiger partial charge < -0.3 is 10.2 Å². The van der Waals surface area contributed by atoms with Crippen LogP contribution in [0.25, 0.3) is 0 Å². The van der Waals surface area contributed by atoms with Crippen molar-refractivity contribution in [3.05, 3.63) is 0 Å². The van der Waals surface area contributed by atoms with Crippen LogP contribution in [0.2, 0.25) is 0 Å². The number of nitrogens with zero attached hydrogens (tertiary/aromatic N) is 2. The van der Waals surface area contributed by atoms with Crippen molar-refractivity contribution in [1.82, 2.24) is 15.1 Å². The van der Waals surface area contributed by atoms with Crippen LogP contribution < -0.4 is 5.32 Å². The SMILES string of the molecule is CCN(C1CCNC1)C1CN2CCC1CC2. The summed E-state index contributed by atoms with van der Waals surface area (Å²) in [4.78, 5) is 5.48. The summed E-state index contributed by atoms with van der Waals surface area (Å²) in [6.45, 7) is 10.1. The highest BCUT2D eigenvalue weighted by Gasteiger charge is 2.39. The summed E-state index contributed by atoms with van der Waals surface area (Å²) < 4.78 is 0. The highest BCUT2D eigenvalue weighted by molar-refractivity contribution is 4.95. The lowest BCUT2D eigenvalue weighted by Gasteiger charge is -2.50. The molecule has 2 atom stereocenters. The number of likely N-dealkylation sites (N-methyl/N-ethyl adjacent to an activating group) is 1. The Kier molecular flexibility index (Phi) is 3.18. The van der Waals surface area contributed by atoms with Crippen LogP contribution in [-0.4, -0.2) is 61.2 Å². The lowest BCUT2D eigenvalue weighted by atomic mass is 9.82. The summed E-state index contributed by atoms with van der Waals surface area (Å²) in [6, 6.07) is 1.67. The second-order valence-corrected chi connectivity index (χ2v) is 5.68. The fourth-order valence-corrected chi connectivity index (χ4v) is 4.00. The largest absolute Gasteiger partial charge is 0.315 e. The molecule has 4 fully saturated rings. The molecule has 0 aliphatic carbocycles. The van der Waals surface area contributed by atoms with Crippen molar-refractivity contribution < 1.29 is 0 Å². The molecule has 4 heterocycles. The van der Waals surface area contributed by atoms with E-state index in [1.807, 2.05) is 0 Å². The van der Waals surface area contributed by atoms with Gasteiger partial charge in [0.2, 0.25) is 0 Å². The topological polar surface area (TPSA) is 18.5 Å². The Bertz CT molecular complexity index is 227. The molecule has 4 aliphatic heterocycles. The van der Waals surface area contributed by atoms with E-state index in [4.69, 9.17) is 0 Å². The Balaban J connectivity index is 1.69. The van der Waals surface area contributed by atoms with Crippen LogP contribution in [0.1, 0.15) is 26.2 Å². The van der Waals surface area contributed by atoms with Gasteiger partial charge in [0, 0.05) is 25.2 Å². The fourth-order valence-electron chi connectivity index (χ4n) is 4.00. The minimum Gasteiger partial charge on any atom is -0.315 e. The molecule has 4 saturated heterocycles. The van der Waals surface area contributed by atoms with E-state index in [0.29, 0.717) is 0 Å². The van der Waals surface area contributed by atoms with E-state index in [-0.39, 0.29) is 0 Å². The number of hydrogen-bond donors (Lipinski definition) is 1. The smallest absolute Gasteiger partial charge is 0.0255 e. The molecule has 0 aromatic rings. The standard InChI is InChI=1S/C13H25N3/c1-2-16(12-3-6-14-9-12)13-10-15-7-4-11(13)5-8-15/h11-14H,2-10H2,1H3. The van der Waals surface area contributed by atoms with Crippen molar-refractivity contribution in [2.24, 2.45) is 5.92 Å². The molecule has 92 valence electrons. The first-order chi connectivity index (χ1) is 7.88. The maximum Gasteiger partial charge on any atom is 0.0255 e. The second kappa shape index (κ2) is 4.63. The van der Waals surface area contributed by atoms with Crippen LogP contribution in [0.4, 0.5) is 0 Å². The van der Waals surface area contributed by atoms with Crippen molar-refractivity contribution in [1.29, 1.82) is 0 Å². The lowest BCUT2D eigenvalue weighted by molar-refractivity contribution is -0.00861. The van der Waals surface area contributed by atoms with E-state index >= 15 is 0 Å². The predicted octanol–water partition coefficient (Wildman–Crippen LogP) is 0.764. The van der Waals surface area contributed by atoms with Gasteiger partial charge in [-0.1, -0.05) is 6.92 Å². The van der Waals surface area contributed by atoms with Crippen molar-refractivity contribution in [3.8, 4) is 0 Å². The minimum absolute atomic E-state index is 0.815. The average molecular weight is 223 g/mol. The van der Waals surface area contributed by atoms with Crippen LogP contribution >= 0.6 is 0 Å². The van der Waals surface area contributed by atoms with E-state index in [1.54, 1.807) is 0 Å². The molecule has 0 spiro atoms. The van der Waals surface area contributed by atoms with Crippen LogP contribution in [0.15, 0.2) is 0 Å². The van der Waals surface area contributed by atoms with Crippen LogP contribution in [0.3, 0.4) is 0 Å². The zero-order valence-corrected chi connectivity index (χ0v) is 10.5. The number of piperidine rings is 3. The van der Waals surface area contributed by atoms with Gasteiger partial charge in [-0.25, -0.2) is 0 Å². The van der Waals surface area contributed by atoms with Gasteiger partial charge in [-0.15, -0.1) is 0 Å². The number of rotatable bonds is 3. The molecule has 4 rings (SSSR count). The van der Waals surface area contributed by atoms with Crippen LogP contribution in [0.5, 0.6) is 0 Å². The third-order valence-electron chi connectivity index (χ3n) is 4.92. The summed E-state index contributed by atoms with van der Waals surface area (Å²) in [7, 11) is 0. The second-order valence-electron chi connectivity index (χ2n) is 5.68. The number of fused-ring (bicyclic) bond motifs is 3. The third kappa shape index (κ3) is 1.89. The molecule has 16 heavy (non-hydrogen) atoms. The first-order valence-electron chi connectivity index (χ1n) is 7.07. The van der Waals surface area contributed by atoms with E-state index in [1.165, 1.54) is 58.5 Å². The average Bonchev–Trinajstić information content (AvgIpc) is 2.85. The van der Waals surface area contributed by atoms with Crippen molar-refractivity contribution in [3.63, 3.8) is 0 Å². The molecule has 0 amide bonds. The summed E-state index contributed by atoms with van der Waals surface area (Å²) in [5.74, 6) is 0.991. The van der Waals surface area contributed by atoms with E-state index in [0.717, 1.165) is 18.0 Å². The Hall–Kier alpha value is -0.120. The van der Waals surface area contributed by atoms with Gasteiger partial charge >= 0.3 is 0 Å². The first kappa shape index (κ1) is 11.0. The molecule has 0 radical (unpaired) electrons. The summed E-state index contributed by atoms with van der Waals surface area (Å²) in [6.07, 6.45) is 4.25. The Morgan fingerprint density at radius 1 is 1.25 bits per heavy atom. The van der Waals surface area contributed by atoms with E-state index in [9.17, 15) is 0 Å². The molecule has 0 saturated carbocycles. The molecule has 2 bridgehead atoms. The van der Waals surface area contributed by atoms with Crippen LogP contribution in [0, 0.1) is 5.92 Å². The molecule has 3 nitrogen and oxygen atoms in total. The van der Waals surface area contributed by atoms with Crippen LogP contribution in [-0.2, 0) is 0 Å². The summed E-state index contributed by atoms with van der Waals surface area (Å²) >= 11 is 0. The van der Waals surface area contributed by atoms with Gasteiger partial charge in [0.05, 0.1) is 0 Å². The van der Waals surface area contributed by atoms with Crippen molar-refractivity contribution in [2.45, 2.75) is 38.3 Å². The summed E-state index contributed by atoms with van der Waals surface area (Å²) in [5, 5.41) is 3.52. The van der Waals surface area contributed by atoms with E-state index < -0.39 is 0 Å². The van der Waals surface area contributed by atoms with Gasteiger partial charge in [0.1, 0.15) is 0 Å². The molecule has 1 N–H and O–H groups in total. The van der Waals surface area contributed by atoms with Gasteiger partial charge in [-0.3, -0.25) is 4.90 Å². The highest BCUT2D eigenvalue weighted by Crippen LogP contribution is 2.32. The zero-order valence-electron chi connectivity index (χ0n) is 10.5. The number of nitrogens with one attached hydrogen (secondary N) is 1. The maximum atomic E-state index is 3.52. The summed E-state index contributed by atoms with van der Waals surface area (Å²) in [5.41, 5.74) is 0. The molecular formula is C13H25N3. The molecule has 3 heteroatoms. The van der Waals surface area contributed by atoms with E-state index in [2.05, 4.69) is 22.0 Å². The lowest BCUT2D eigenvalue weighted by Crippen LogP contribution is -2.59. The molecule has 2 unspecified atom stereocenters. The molecule has 4 aliphatic rings. The fraction of sp³-hybridized carbons (Fsp3) is 1.00. The van der Waals surface area contributed by atoms with Gasteiger partial charge in [0.15, 0.2) is 0 Å². The molecule has 0 aromatic heterocycles. The minimum atomic E-state index is 0.815. The Labute approximate surface area is 99.2 Å². The van der Waals surface area contributed by atoms with Crippen molar-refractivity contribution in [2.75, 3.05) is 39.3 Å². The van der Waals surface area contributed by atoms with Gasteiger partial charge in [0.25, 0.3) is 0 Å². The maximum absolute atomic E-state index is 3.52. The Morgan fingerprint density at radius 3 is 2.56 bits per heavy atom. The number of hydrogen-bond acceptors (Lipinski definition) is 3. The first-order valence-corrected chi connectivity index (χ1v) is 7.07. The molecular weight excluding hydrogens is 198 g/mol. The Morgan fingerprint density at radius 2 is 2.06 bits per heavy atom. The normalized spacial score (nSPS) is 43.1. The zero-order chi connectivity index (χ0) is 11.0. The third-order valence-corrected chi connectivity index (χ3v) is 4.92. The van der Waals surface area contributed by atoms with Crippen molar-refractivity contribution >= 4 is 0 Å².